The summed E-state index contributed by atoms with van der Waals surface area (Å²) in [6.45, 7) is 6.28. The van der Waals surface area contributed by atoms with Crippen molar-refractivity contribution >= 4 is 17.0 Å². The summed E-state index contributed by atoms with van der Waals surface area (Å²) in [6.07, 6.45) is 2.29. The molecule has 32 heavy (non-hydrogen) atoms. The summed E-state index contributed by atoms with van der Waals surface area (Å²) in [4.78, 5) is 26.7. The third-order valence-electron chi connectivity index (χ3n) is 6.41. The predicted octanol–water partition coefficient (Wildman–Crippen LogP) is 2.55. The highest BCUT2D eigenvalue weighted by molar-refractivity contribution is 5.82. The van der Waals surface area contributed by atoms with Gasteiger partial charge in [0.2, 0.25) is 0 Å². The van der Waals surface area contributed by atoms with Gasteiger partial charge in [-0.15, -0.1) is 0 Å². The number of aromatic amines is 1. The van der Waals surface area contributed by atoms with E-state index in [1.165, 1.54) is 12.3 Å². The van der Waals surface area contributed by atoms with E-state index in [9.17, 15) is 13.2 Å². The van der Waals surface area contributed by atoms with E-state index in [4.69, 9.17) is 0 Å². The Kier molecular flexibility index (Phi) is 5.68. The molecule has 2 saturated heterocycles. The van der Waals surface area contributed by atoms with Crippen LogP contribution < -0.4 is 4.90 Å². The molecule has 2 aliphatic rings. The van der Waals surface area contributed by atoms with Crippen LogP contribution in [0.25, 0.3) is 11.2 Å². The van der Waals surface area contributed by atoms with Crippen molar-refractivity contribution in [1.29, 1.82) is 0 Å². The van der Waals surface area contributed by atoms with Crippen molar-refractivity contribution in [3.8, 4) is 0 Å². The van der Waals surface area contributed by atoms with Crippen LogP contribution in [0.4, 0.5) is 19.0 Å². The number of rotatable bonds is 4. The number of nitrogens with one attached hydrogen (secondary N) is 1. The average molecular weight is 446 g/mol. The molecule has 5 heterocycles. The lowest BCUT2D eigenvalue weighted by molar-refractivity contribution is -0.141. The largest absolute Gasteiger partial charge is 0.433 e. The monoisotopic (exact) mass is 446 g/mol. The molecule has 3 aromatic heterocycles. The van der Waals surface area contributed by atoms with Gasteiger partial charge in [0.05, 0.1) is 6.33 Å². The molecule has 0 saturated carbocycles. The van der Waals surface area contributed by atoms with E-state index in [2.05, 4.69) is 39.6 Å². The number of halogens is 3. The van der Waals surface area contributed by atoms with Gasteiger partial charge in [-0.2, -0.15) is 13.2 Å². The lowest BCUT2D eigenvalue weighted by atomic mass is 10.0. The first-order valence-corrected chi connectivity index (χ1v) is 10.8. The van der Waals surface area contributed by atoms with Gasteiger partial charge in [-0.3, -0.25) is 14.8 Å². The Labute approximate surface area is 183 Å². The number of anilines is 1. The number of hydrogen-bond acceptors (Lipinski definition) is 7. The fourth-order valence-corrected chi connectivity index (χ4v) is 4.68. The molecule has 0 amide bonds. The minimum Gasteiger partial charge on any atom is -0.352 e. The highest BCUT2D eigenvalue weighted by Crippen LogP contribution is 2.28. The number of piperazine rings is 1. The van der Waals surface area contributed by atoms with Gasteiger partial charge in [-0.05, 0) is 37.6 Å². The Hall–Kier alpha value is -2.79. The van der Waals surface area contributed by atoms with E-state index in [1.807, 2.05) is 0 Å². The topological polar surface area (TPSA) is 77.1 Å². The van der Waals surface area contributed by atoms with Crippen LogP contribution in [-0.4, -0.2) is 80.0 Å². The molecule has 0 radical (unpaired) electrons. The zero-order valence-electron chi connectivity index (χ0n) is 17.6. The summed E-state index contributed by atoms with van der Waals surface area (Å²) in [6, 6.07) is 3.14. The number of nitrogens with zero attached hydrogens (tertiary/aromatic N) is 7. The Balaban J connectivity index is 1.11. The molecule has 2 fully saturated rings. The van der Waals surface area contributed by atoms with Crippen LogP contribution in [0, 0.1) is 0 Å². The van der Waals surface area contributed by atoms with Crippen LogP contribution >= 0.6 is 0 Å². The van der Waals surface area contributed by atoms with Crippen molar-refractivity contribution < 1.29 is 13.2 Å². The first-order valence-electron chi connectivity index (χ1n) is 10.8. The van der Waals surface area contributed by atoms with Crippen LogP contribution in [0.2, 0.25) is 0 Å². The lowest BCUT2D eigenvalue weighted by Gasteiger charge is -2.43. The van der Waals surface area contributed by atoms with Gasteiger partial charge in [-0.25, -0.2) is 15.0 Å². The number of pyridine rings is 1. The third kappa shape index (κ3) is 4.40. The number of hydrogen-bond donors (Lipinski definition) is 1. The second-order valence-corrected chi connectivity index (χ2v) is 8.38. The number of alkyl halides is 3. The second kappa shape index (κ2) is 8.62. The number of aromatic nitrogens is 5. The minimum atomic E-state index is -4.39. The van der Waals surface area contributed by atoms with Crippen molar-refractivity contribution in [2.75, 3.05) is 44.2 Å². The Morgan fingerprint density at radius 1 is 0.938 bits per heavy atom. The molecule has 1 N–H and O–H groups in total. The van der Waals surface area contributed by atoms with Gasteiger partial charge in [0, 0.05) is 45.0 Å². The molecule has 5 rings (SSSR count). The molecule has 0 unspecified atom stereocenters. The van der Waals surface area contributed by atoms with Gasteiger partial charge < -0.3 is 9.88 Å². The molecule has 0 bridgehead atoms. The normalized spacial score (nSPS) is 19.7. The third-order valence-corrected chi connectivity index (χ3v) is 6.41. The Morgan fingerprint density at radius 2 is 1.72 bits per heavy atom. The summed E-state index contributed by atoms with van der Waals surface area (Å²) in [7, 11) is 0. The van der Waals surface area contributed by atoms with Gasteiger partial charge >= 0.3 is 6.18 Å². The van der Waals surface area contributed by atoms with Gasteiger partial charge in [0.1, 0.15) is 17.5 Å². The van der Waals surface area contributed by atoms with E-state index in [0.29, 0.717) is 18.2 Å². The molecule has 2 aliphatic heterocycles. The van der Waals surface area contributed by atoms with Crippen LogP contribution in [0.1, 0.15) is 24.1 Å². The van der Waals surface area contributed by atoms with Crippen molar-refractivity contribution in [1.82, 2.24) is 34.7 Å². The first kappa shape index (κ1) is 21.1. The maximum absolute atomic E-state index is 12.7. The van der Waals surface area contributed by atoms with Crippen molar-refractivity contribution in [2.45, 2.75) is 31.6 Å². The summed E-state index contributed by atoms with van der Waals surface area (Å²) >= 11 is 0. The van der Waals surface area contributed by atoms with Crippen molar-refractivity contribution in [3.05, 3.63) is 42.2 Å². The van der Waals surface area contributed by atoms with Crippen LogP contribution in [0.5, 0.6) is 0 Å². The van der Waals surface area contributed by atoms with Crippen molar-refractivity contribution in [2.24, 2.45) is 0 Å². The van der Waals surface area contributed by atoms with E-state index in [1.54, 1.807) is 12.7 Å². The Morgan fingerprint density at radius 3 is 2.41 bits per heavy atom. The summed E-state index contributed by atoms with van der Waals surface area (Å²) in [5, 5.41) is 0. The summed E-state index contributed by atoms with van der Waals surface area (Å²) in [5.74, 6) is 0.909. The zero-order valence-corrected chi connectivity index (χ0v) is 17.6. The smallest absolute Gasteiger partial charge is 0.352 e. The van der Waals surface area contributed by atoms with E-state index < -0.39 is 11.9 Å². The molecule has 0 aliphatic carbocycles. The highest BCUT2D eigenvalue weighted by Gasteiger charge is 2.32. The fraction of sp³-hybridized carbons (Fsp3) is 0.524. The highest BCUT2D eigenvalue weighted by atomic mass is 19.4. The molecular weight excluding hydrogens is 421 g/mol. The average Bonchev–Trinajstić information content (AvgIpc) is 3.29. The molecule has 0 atom stereocenters. The zero-order chi connectivity index (χ0) is 22.1. The number of likely N-dealkylation sites (tertiary alicyclic amines) is 1. The summed E-state index contributed by atoms with van der Waals surface area (Å²) < 4.78 is 38.0. The maximum atomic E-state index is 12.7. The van der Waals surface area contributed by atoms with E-state index in [-0.39, 0.29) is 0 Å². The first-order chi connectivity index (χ1) is 15.5. The van der Waals surface area contributed by atoms with Gasteiger partial charge in [0.25, 0.3) is 0 Å². The molecule has 3 aromatic rings. The van der Waals surface area contributed by atoms with E-state index >= 15 is 0 Å². The molecule has 170 valence electrons. The number of fused-ring (bicyclic) bond motifs is 1. The standard InChI is InChI=1S/C21H25F3N8/c22-21(23,24)17-2-1-15(11-25-17)12-30-5-3-16(4-6-30)31-7-9-32(10-8-31)20-18-19(27-13-26-18)28-14-29-20/h1-2,11,13-14,16H,3-10,12H2,(H,26,27,28,29). The van der Waals surface area contributed by atoms with Crippen LogP contribution in [0.15, 0.2) is 31.0 Å². The van der Waals surface area contributed by atoms with Crippen LogP contribution in [-0.2, 0) is 12.7 Å². The quantitative estimate of drug-likeness (QED) is 0.660. The molecule has 8 nitrogen and oxygen atoms in total. The minimum absolute atomic E-state index is 0.539. The lowest BCUT2D eigenvalue weighted by Crippen LogP contribution is -2.53. The molecule has 0 spiro atoms. The molecule has 0 aromatic carbocycles. The summed E-state index contributed by atoms with van der Waals surface area (Å²) in [5.41, 5.74) is 1.55. The number of H-pyrrole nitrogens is 1. The predicted molar refractivity (Wildman–Crippen MR) is 113 cm³/mol. The number of imidazole rings is 1. The van der Waals surface area contributed by atoms with Gasteiger partial charge in [-0.1, -0.05) is 6.07 Å². The van der Waals surface area contributed by atoms with Gasteiger partial charge in [0.15, 0.2) is 11.5 Å². The molecule has 11 heteroatoms. The SMILES string of the molecule is FC(F)(F)c1ccc(CN2CCC(N3CCN(c4ncnc5nc[nH]c45)CC3)CC2)cn1. The molecular formula is C21H25F3N8. The number of piperidine rings is 1. The van der Waals surface area contributed by atoms with E-state index in [0.717, 1.165) is 75.1 Å². The Bertz CT molecular complexity index is 1040. The van der Waals surface area contributed by atoms with Crippen LogP contribution in [0.3, 0.4) is 0 Å². The fourth-order valence-electron chi connectivity index (χ4n) is 4.68. The second-order valence-electron chi connectivity index (χ2n) is 8.38. The maximum Gasteiger partial charge on any atom is 0.433 e. The van der Waals surface area contributed by atoms with Crippen molar-refractivity contribution in [3.63, 3.8) is 0 Å².